The maximum absolute atomic E-state index is 13.2. The van der Waals surface area contributed by atoms with Gasteiger partial charge in [0.05, 0.1) is 19.3 Å². The average molecular weight is 482 g/mol. The van der Waals surface area contributed by atoms with Crippen LogP contribution in [0.4, 0.5) is 5.00 Å². The highest BCUT2D eigenvalue weighted by Crippen LogP contribution is 2.63. The number of carbonyl (C=O) groups is 2. The number of anilines is 1. The van der Waals surface area contributed by atoms with Crippen molar-refractivity contribution in [3.63, 3.8) is 0 Å². The number of aryl methyl sites for hydroxylation is 1. The number of esters is 1. The number of benzene rings is 1. The minimum Gasteiger partial charge on any atom is -0.497 e. The fraction of sp³-hybridized carbons (Fsp3) is 0.571. The molecule has 1 saturated carbocycles. The lowest BCUT2D eigenvalue weighted by atomic mass is 9.54. The fourth-order valence-corrected chi connectivity index (χ4v) is 8.25. The van der Waals surface area contributed by atoms with Crippen molar-refractivity contribution in [2.45, 2.75) is 71.1 Å². The Morgan fingerprint density at radius 2 is 2.06 bits per heavy atom. The van der Waals surface area contributed by atoms with Crippen LogP contribution in [0.5, 0.6) is 5.75 Å². The van der Waals surface area contributed by atoms with Gasteiger partial charge in [0.1, 0.15) is 10.8 Å². The SMILES string of the molecule is CCOC(=O)c1c(NC(=O)C(C)C)sc2c1[C@]1(C)CC[C@@H]3c4ccc(OC)cc4CC[C@@H]3[C@H]1C2. The summed E-state index contributed by atoms with van der Waals surface area (Å²) in [7, 11) is 1.73. The molecule has 1 aromatic carbocycles. The Labute approximate surface area is 206 Å². The Bertz CT molecular complexity index is 1140. The number of carbonyl (C=O) groups excluding carboxylic acids is 2. The Morgan fingerprint density at radius 3 is 2.76 bits per heavy atom. The third kappa shape index (κ3) is 3.57. The van der Waals surface area contributed by atoms with Crippen molar-refractivity contribution in [1.29, 1.82) is 0 Å². The number of hydrogen-bond acceptors (Lipinski definition) is 5. The third-order valence-electron chi connectivity index (χ3n) is 8.52. The van der Waals surface area contributed by atoms with Crippen LogP contribution in [0, 0.1) is 17.8 Å². The van der Waals surface area contributed by atoms with Gasteiger partial charge in [0.2, 0.25) is 5.91 Å². The van der Waals surface area contributed by atoms with Gasteiger partial charge in [-0.2, -0.15) is 0 Å². The fourth-order valence-electron chi connectivity index (χ4n) is 6.86. The smallest absolute Gasteiger partial charge is 0.341 e. The van der Waals surface area contributed by atoms with Crippen molar-refractivity contribution in [3.05, 3.63) is 45.3 Å². The van der Waals surface area contributed by atoms with Crippen molar-refractivity contribution in [2.75, 3.05) is 19.0 Å². The normalized spacial score (nSPS) is 26.8. The predicted molar refractivity (Wildman–Crippen MR) is 135 cm³/mol. The molecule has 0 bridgehead atoms. The van der Waals surface area contributed by atoms with Crippen LogP contribution in [-0.2, 0) is 27.8 Å². The van der Waals surface area contributed by atoms with Gasteiger partial charge in [-0.3, -0.25) is 4.79 Å². The summed E-state index contributed by atoms with van der Waals surface area (Å²) in [6, 6.07) is 6.60. The van der Waals surface area contributed by atoms with Crippen LogP contribution in [0.3, 0.4) is 0 Å². The van der Waals surface area contributed by atoms with Crippen LogP contribution in [0.1, 0.15) is 84.8 Å². The van der Waals surface area contributed by atoms with E-state index in [-0.39, 0.29) is 23.2 Å². The summed E-state index contributed by atoms with van der Waals surface area (Å²) in [5.41, 5.74) is 4.62. The lowest BCUT2D eigenvalue weighted by Gasteiger charge is -2.49. The second-order valence-electron chi connectivity index (χ2n) is 10.6. The molecule has 0 radical (unpaired) electrons. The van der Waals surface area contributed by atoms with E-state index in [4.69, 9.17) is 9.47 Å². The summed E-state index contributed by atoms with van der Waals surface area (Å²) in [6.45, 7) is 8.26. The molecule has 34 heavy (non-hydrogen) atoms. The van der Waals surface area contributed by atoms with Crippen molar-refractivity contribution >= 4 is 28.2 Å². The zero-order valence-electron chi connectivity index (χ0n) is 20.8. The van der Waals surface area contributed by atoms with Gasteiger partial charge in [-0.15, -0.1) is 11.3 Å². The van der Waals surface area contributed by atoms with Gasteiger partial charge in [0.25, 0.3) is 0 Å². The van der Waals surface area contributed by atoms with Crippen LogP contribution in [-0.4, -0.2) is 25.6 Å². The lowest BCUT2D eigenvalue weighted by molar-refractivity contribution is -0.118. The molecule has 5 nitrogen and oxygen atoms in total. The Morgan fingerprint density at radius 1 is 1.26 bits per heavy atom. The first kappa shape index (κ1) is 23.4. The largest absolute Gasteiger partial charge is 0.497 e. The summed E-state index contributed by atoms with van der Waals surface area (Å²) in [5.74, 6) is 2.10. The number of nitrogens with one attached hydrogen (secondary N) is 1. The molecule has 2 aromatic rings. The molecule has 6 heteroatoms. The highest BCUT2D eigenvalue weighted by atomic mass is 32.1. The first-order valence-electron chi connectivity index (χ1n) is 12.6. The Kier molecular flexibility index (Phi) is 5.99. The van der Waals surface area contributed by atoms with Crippen LogP contribution >= 0.6 is 11.3 Å². The molecule has 1 heterocycles. The van der Waals surface area contributed by atoms with E-state index in [1.165, 1.54) is 22.4 Å². The van der Waals surface area contributed by atoms with E-state index in [0.29, 0.717) is 34.9 Å². The van der Waals surface area contributed by atoms with Crippen LogP contribution < -0.4 is 10.1 Å². The second kappa shape index (κ2) is 8.71. The highest BCUT2D eigenvalue weighted by Gasteiger charge is 2.55. The summed E-state index contributed by atoms with van der Waals surface area (Å²) < 4.78 is 11.0. The molecule has 182 valence electrons. The topological polar surface area (TPSA) is 64.6 Å². The molecule has 5 rings (SSSR count). The molecule has 3 aliphatic rings. The van der Waals surface area contributed by atoms with Crippen LogP contribution in [0.2, 0.25) is 0 Å². The molecular formula is C28H35NO4S. The molecule has 4 atom stereocenters. The standard InChI is InChI=1S/C28H35NO4S/c1-6-33-27(31)23-24-22(34-26(23)29-25(30)15(2)3)14-21-20-9-7-16-13-17(32-5)8-10-18(16)19(20)11-12-28(21,24)4/h8,10,13,15,19-21H,6-7,9,11-12,14H2,1-5H3,(H,29,30)/t19-,20+,21-,28-/m1/s1. The molecule has 0 aliphatic heterocycles. The van der Waals surface area contributed by atoms with Gasteiger partial charge in [0, 0.05) is 10.8 Å². The van der Waals surface area contributed by atoms with Gasteiger partial charge in [-0.05, 0) is 91.0 Å². The van der Waals surface area contributed by atoms with Crippen molar-refractivity contribution in [1.82, 2.24) is 0 Å². The molecule has 1 amide bonds. The average Bonchev–Trinajstić information content (AvgIpc) is 3.32. The highest BCUT2D eigenvalue weighted by molar-refractivity contribution is 7.17. The first-order chi connectivity index (χ1) is 16.3. The molecular weight excluding hydrogens is 446 g/mol. The molecule has 0 spiro atoms. The summed E-state index contributed by atoms with van der Waals surface area (Å²) in [6.07, 6.45) is 5.38. The first-order valence-corrected chi connectivity index (χ1v) is 13.4. The molecule has 0 unspecified atom stereocenters. The van der Waals surface area contributed by atoms with Crippen molar-refractivity contribution in [2.24, 2.45) is 17.8 Å². The Hall–Kier alpha value is -2.34. The van der Waals surface area contributed by atoms with E-state index in [1.54, 1.807) is 18.4 Å². The maximum Gasteiger partial charge on any atom is 0.341 e. The third-order valence-corrected chi connectivity index (χ3v) is 9.65. The molecule has 0 saturated heterocycles. The molecule has 1 N–H and O–H groups in total. The van der Waals surface area contributed by atoms with Gasteiger partial charge in [-0.25, -0.2) is 4.79 Å². The zero-order chi connectivity index (χ0) is 24.2. The van der Waals surface area contributed by atoms with Gasteiger partial charge in [0.15, 0.2) is 0 Å². The van der Waals surface area contributed by atoms with E-state index < -0.39 is 0 Å². The van der Waals surface area contributed by atoms with Gasteiger partial charge in [-0.1, -0.05) is 26.8 Å². The van der Waals surface area contributed by atoms with E-state index in [0.717, 1.165) is 37.0 Å². The number of amides is 1. The minimum atomic E-state index is -0.302. The summed E-state index contributed by atoms with van der Waals surface area (Å²) in [4.78, 5) is 27.0. The summed E-state index contributed by atoms with van der Waals surface area (Å²) >= 11 is 1.59. The molecule has 3 aliphatic carbocycles. The lowest BCUT2D eigenvalue weighted by Crippen LogP contribution is -2.43. The van der Waals surface area contributed by atoms with Gasteiger partial charge < -0.3 is 14.8 Å². The quantitative estimate of drug-likeness (QED) is 0.524. The summed E-state index contributed by atoms with van der Waals surface area (Å²) in [5, 5.41) is 3.71. The predicted octanol–water partition coefficient (Wildman–Crippen LogP) is 6.10. The van der Waals surface area contributed by atoms with Gasteiger partial charge >= 0.3 is 5.97 Å². The maximum atomic E-state index is 13.2. The van der Waals surface area contributed by atoms with Crippen molar-refractivity contribution in [3.8, 4) is 5.75 Å². The number of hydrogen-bond donors (Lipinski definition) is 1. The number of rotatable bonds is 5. The monoisotopic (exact) mass is 481 g/mol. The minimum absolute atomic E-state index is 0.0600. The zero-order valence-corrected chi connectivity index (χ0v) is 21.6. The van der Waals surface area contributed by atoms with E-state index >= 15 is 0 Å². The molecule has 1 aromatic heterocycles. The van der Waals surface area contributed by atoms with E-state index in [2.05, 4.69) is 30.4 Å². The number of fused-ring (bicyclic) bond motifs is 7. The Balaban J connectivity index is 1.52. The van der Waals surface area contributed by atoms with E-state index in [9.17, 15) is 9.59 Å². The number of ether oxygens (including phenoxy) is 2. The number of methoxy groups -OCH3 is 1. The van der Waals surface area contributed by atoms with Crippen LogP contribution in [0.25, 0.3) is 0 Å². The van der Waals surface area contributed by atoms with E-state index in [1.807, 2.05) is 20.8 Å². The second-order valence-corrected chi connectivity index (χ2v) is 11.7. The van der Waals surface area contributed by atoms with Crippen molar-refractivity contribution < 1.29 is 19.1 Å². The van der Waals surface area contributed by atoms with Crippen LogP contribution in [0.15, 0.2) is 18.2 Å². The molecule has 1 fully saturated rings. The number of thiophene rings is 1.